The highest BCUT2D eigenvalue weighted by molar-refractivity contribution is 7.11. The number of carbonyl (C=O) groups is 1. The van der Waals surface area contributed by atoms with Crippen LogP contribution in [0.5, 0.6) is 5.75 Å². The van der Waals surface area contributed by atoms with E-state index in [2.05, 4.69) is 12.2 Å². The van der Waals surface area contributed by atoms with E-state index in [0.29, 0.717) is 13.0 Å². The van der Waals surface area contributed by atoms with Gasteiger partial charge in [0.1, 0.15) is 11.6 Å². The number of anilines is 1. The molecule has 0 saturated carbocycles. The number of halogens is 1. The lowest BCUT2D eigenvalue weighted by Gasteiger charge is -2.24. The zero-order valence-electron chi connectivity index (χ0n) is 15.0. The standard InChI is InChI=1S/C22H20FNO2S/c1-2-10-26-17-8-6-14(7-9-17)18-12-20(25)24-21-19(13-27-22(18)21)15-4-3-5-16(23)11-15/h3-9,11,13,18H,2,10,12H2,1H3,(H,24,25). The third-order valence-electron chi connectivity index (χ3n) is 4.68. The molecule has 0 saturated heterocycles. The van der Waals surface area contributed by atoms with Crippen LogP contribution in [0.25, 0.3) is 11.1 Å². The summed E-state index contributed by atoms with van der Waals surface area (Å²) in [6, 6.07) is 14.4. The van der Waals surface area contributed by atoms with Gasteiger partial charge in [-0.2, -0.15) is 0 Å². The third-order valence-corrected chi connectivity index (χ3v) is 5.78. The summed E-state index contributed by atoms with van der Waals surface area (Å²) < 4.78 is 19.3. The Bertz CT molecular complexity index is 965. The van der Waals surface area contributed by atoms with E-state index in [0.717, 1.165) is 39.4 Å². The van der Waals surface area contributed by atoms with Crippen molar-refractivity contribution in [2.24, 2.45) is 0 Å². The molecule has 0 radical (unpaired) electrons. The molecule has 0 bridgehead atoms. The number of ether oxygens (including phenoxy) is 1. The fourth-order valence-electron chi connectivity index (χ4n) is 3.38. The van der Waals surface area contributed by atoms with Gasteiger partial charge in [-0.1, -0.05) is 31.2 Å². The second-order valence-corrected chi connectivity index (χ2v) is 7.53. The van der Waals surface area contributed by atoms with E-state index in [1.807, 2.05) is 35.7 Å². The highest BCUT2D eigenvalue weighted by atomic mass is 32.1. The van der Waals surface area contributed by atoms with E-state index in [9.17, 15) is 9.18 Å². The van der Waals surface area contributed by atoms with E-state index in [-0.39, 0.29) is 17.6 Å². The van der Waals surface area contributed by atoms with Crippen LogP contribution in [-0.2, 0) is 4.79 Å². The van der Waals surface area contributed by atoms with Crippen molar-refractivity contribution >= 4 is 22.9 Å². The summed E-state index contributed by atoms with van der Waals surface area (Å²) >= 11 is 1.61. The van der Waals surface area contributed by atoms with Crippen LogP contribution >= 0.6 is 11.3 Å². The number of nitrogens with one attached hydrogen (secondary N) is 1. The fourth-order valence-corrected chi connectivity index (χ4v) is 4.54. The van der Waals surface area contributed by atoms with Crippen LogP contribution in [-0.4, -0.2) is 12.5 Å². The molecule has 1 N–H and O–H groups in total. The summed E-state index contributed by atoms with van der Waals surface area (Å²) in [6.07, 6.45) is 1.37. The molecular weight excluding hydrogens is 361 g/mol. The van der Waals surface area contributed by atoms with Crippen molar-refractivity contribution in [3.63, 3.8) is 0 Å². The van der Waals surface area contributed by atoms with Gasteiger partial charge >= 0.3 is 0 Å². The Hall–Kier alpha value is -2.66. The van der Waals surface area contributed by atoms with Crippen LogP contribution in [0.4, 0.5) is 10.1 Å². The summed E-state index contributed by atoms with van der Waals surface area (Å²) in [7, 11) is 0. The van der Waals surface area contributed by atoms with E-state index >= 15 is 0 Å². The zero-order valence-corrected chi connectivity index (χ0v) is 15.8. The first-order valence-corrected chi connectivity index (χ1v) is 9.93. The fraction of sp³-hybridized carbons (Fsp3) is 0.227. The van der Waals surface area contributed by atoms with Crippen LogP contribution in [0.2, 0.25) is 0 Å². The van der Waals surface area contributed by atoms with Crippen molar-refractivity contribution in [3.05, 3.63) is 70.2 Å². The molecule has 3 aromatic rings. The first-order chi connectivity index (χ1) is 13.2. The molecule has 1 atom stereocenters. The Labute approximate surface area is 161 Å². The molecule has 1 aliphatic rings. The minimum atomic E-state index is -0.284. The Morgan fingerprint density at radius 2 is 2.04 bits per heavy atom. The van der Waals surface area contributed by atoms with Gasteiger partial charge in [-0.15, -0.1) is 11.3 Å². The number of carbonyl (C=O) groups excluding carboxylic acids is 1. The number of hydrogen-bond donors (Lipinski definition) is 1. The molecule has 3 nitrogen and oxygen atoms in total. The molecular formula is C22H20FNO2S. The maximum Gasteiger partial charge on any atom is 0.225 e. The molecule has 2 aromatic carbocycles. The van der Waals surface area contributed by atoms with Crippen molar-refractivity contribution < 1.29 is 13.9 Å². The average molecular weight is 381 g/mol. The molecule has 1 aromatic heterocycles. The minimum Gasteiger partial charge on any atom is -0.494 e. The number of rotatable bonds is 5. The van der Waals surface area contributed by atoms with Gasteiger partial charge in [0, 0.05) is 28.2 Å². The van der Waals surface area contributed by atoms with Crippen LogP contribution in [0.15, 0.2) is 53.9 Å². The van der Waals surface area contributed by atoms with Gasteiger partial charge in [-0.05, 0) is 41.8 Å². The molecule has 1 unspecified atom stereocenters. The lowest BCUT2D eigenvalue weighted by Crippen LogP contribution is -2.22. The maximum absolute atomic E-state index is 13.6. The van der Waals surface area contributed by atoms with Gasteiger partial charge < -0.3 is 10.1 Å². The predicted octanol–water partition coefficient (Wildman–Crippen LogP) is 5.82. The van der Waals surface area contributed by atoms with Crippen LogP contribution in [0.3, 0.4) is 0 Å². The second-order valence-electron chi connectivity index (χ2n) is 6.62. The molecule has 1 aliphatic heterocycles. The van der Waals surface area contributed by atoms with Crippen molar-refractivity contribution in [2.45, 2.75) is 25.7 Å². The summed E-state index contributed by atoms with van der Waals surface area (Å²) in [5.74, 6) is 0.540. The monoisotopic (exact) mass is 381 g/mol. The van der Waals surface area contributed by atoms with Gasteiger partial charge in [0.05, 0.1) is 12.3 Å². The average Bonchev–Trinajstić information content (AvgIpc) is 3.10. The molecule has 0 spiro atoms. The summed E-state index contributed by atoms with van der Waals surface area (Å²) in [4.78, 5) is 13.5. The van der Waals surface area contributed by atoms with Crippen LogP contribution in [0.1, 0.15) is 36.1 Å². The van der Waals surface area contributed by atoms with Gasteiger partial charge in [0.25, 0.3) is 0 Å². The number of thiophene rings is 1. The third kappa shape index (κ3) is 3.60. The van der Waals surface area contributed by atoms with E-state index in [4.69, 9.17) is 4.74 Å². The van der Waals surface area contributed by atoms with Gasteiger partial charge in [-0.25, -0.2) is 4.39 Å². The molecule has 27 heavy (non-hydrogen) atoms. The van der Waals surface area contributed by atoms with Gasteiger partial charge in [0.15, 0.2) is 0 Å². The smallest absolute Gasteiger partial charge is 0.225 e. The normalized spacial score (nSPS) is 15.9. The summed E-state index contributed by atoms with van der Waals surface area (Å²) in [6.45, 7) is 2.76. The summed E-state index contributed by atoms with van der Waals surface area (Å²) in [5.41, 5.74) is 3.54. The summed E-state index contributed by atoms with van der Waals surface area (Å²) in [5, 5.41) is 4.99. The molecule has 5 heteroatoms. The van der Waals surface area contributed by atoms with E-state index in [1.165, 1.54) is 12.1 Å². The SMILES string of the molecule is CCCOc1ccc(C2CC(=O)Nc3c(-c4cccc(F)c4)csc32)cc1. The van der Waals surface area contributed by atoms with Crippen molar-refractivity contribution in [1.29, 1.82) is 0 Å². The number of amides is 1. The zero-order chi connectivity index (χ0) is 18.8. The molecule has 1 amide bonds. The lowest BCUT2D eigenvalue weighted by molar-refractivity contribution is -0.116. The number of hydrogen-bond acceptors (Lipinski definition) is 3. The van der Waals surface area contributed by atoms with Crippen molar-refractivity contribution in [2.75, 3.05) is 11.9 Å². The minimum absolute atomic E-state index is 0.00119. The molecule has 0 fully saturated rings. The second kappa shape index (κ2) is 7.53. The van der Waals surface area contributed by atoms with Gasteiger partial charge in [0.2, 0.25) is 5.91 Å². The molecule has 138 valence electrons. The Kier molecular flexibility index (Phi) is 4.94. The predicted molar refractivity (Wildman–Crippen MR) is 107 cm³/mol. The van der Waals surface area contributed by atoms with Gasteiger partial charge in [-0.3, -0.25) is 4.79 Å². The first kappa shape index (κ1) is 17.7. The highest BCUT2D eigenvalue weighted by Gasteiger charge is 2.30. The van der Waals surface area contributed by atoms with E-state index < -0.39 is 0 Å². The van der Waals surface area contributed by atoms with Crippen molar-refractivity contribution in [3.8, 4) is 16.9 Å². The number of benzene rings is 2. The van der Waals surface area contributed by atoms with Crippen LogP contribution < -0.4 is 10.1 Å². The quantitative estimate of drug-likeness (QED) is 0.605. The van der Waals surface area contributed by atoms with Crippen molar-refractivity contribution in [1.82, 2.24) is 0 Å². The molecule has 4 rings (SSSR count). The number of fused-ring (bicyclic) bond motifs is 1. The van der Waals surface area contributed by atoms with Crippen LogP contribution in [0, 0.1) is 5.82 Å². The topological polar surface area (TPSA) is 38.3 Å². The Morgan fingerprint density at radius 1 is 1.22 bits per heavy atom. The highest BCUT2D eigenvalue weighted by Crippen LogP contribution is 2.46. The molecule has 2 heterocycles. The largest absolute Gasteiger partial charge is 0.494 e. The Balaban J connectivity index is 1.69. The molecule has 0 aliphatic carbocycles. The van der Waals surface area contributed by atoms with E-state index in [1.54, 1.807) is 17.4 Å². The lowest BCUT2D eigenvalue weighted by atomic mass is 9.89. The maximum atomic E-state index is 13.6. The Morgan fingerprint density at radius 3 is 2.78 bits per heavy atom. The first-order valence-electron chi connectivity index (χ1n) is 9.05.